The lowest BCUT2D eigenvalue weighted by atomic mass is 9.75. The average Bonchev–Trinajstić information content (AvgIpc) is 2.52. The molecule has 4 nitrogen and oxygen atoms in total. The predicted molar refractivity (Wildman–Crippen MR) is 91.9 cm³/mol. The Labute approximate surface area is 137 Å². The van der Waals surface area contributed by atoms with Crippen molar-refractivity contribution in [2.75, 3.05) is 26.4 Å². The van der Waals surface area contributed by atoms with Gasteiger partial charge in [-0.3, -0.25) is 4.79 Å². The van der Waals surface area contributed by atoms with E-state index in [9.17, 15) is 4.79 Å². The van der Waals surface area contributed by atoms with Gasteiger partial charge in [0.05, 0.1) is 25.9 Å². The maximum absolute atomic E-state index is 12.1. The summed E-state index contributed by atoms with van der Waals surface area (Å²) >= 11 is 0. The molecular formula is C18H37NO3. The van der Waals surface area contributed by atoms with Crippen LogP contribution in [0.5, 0.6) is 0 Å². The van der Waals surface area contributed by atoms with Crippen LogP contribution in [0.3, 0.4) is 0 Å². The highest BCUT2D eigenvalue weighted by Crippen LogP contribution is 2.34. The van der Waals surface area contributed by atoms with Gasteiger partial charge in [0.15, 0.2) is 0 Å². The van der Waals surface area contributed by atoms with Crippen LogP contribution >= 0.6 is 0 Å². The molecule has 0 spiro atoms. The minimum absolute atomic E-state index is 0. The molecule has 22 heavy (non-hydrogen) atoms. The molecule has 4 heteroatoms. The smallest absolute Gasteiger partial charge is 0.223 e. The van der Waals surface area contributed by atoms with Gasteiger partial charge >= 0.3 is 0 Å². The fourth-order valence-corrected chi connectivity index (χ4v) is 3.12. The second-order valence-corrected chi connectivity index (χ2v) is 6.82. The molecule has 0 radical (unpaired) electrons. The molecule has 1 unspecified atom stereocenters. The molecule has 1 saturated carbocycles. The molecule has 1 rings (SSSR count). The van der Waals surface area contributed by atoms with E-state index >= 15 is 0 Å². The van der Waals surface area contributed by atoms with Gasteiger partial charge in [0, 0.05) is 13.9 Å². The van der Waals surface area contributed by atoms with Crippen LogP contribution in [0, 0.1) is 17.8 Å². The van der Waals surface area contributed by atoms with Crippen LogP contribution in [0.15, 0.2) is 0 Å². The molecule has 0 aromatic carbocycles. The molecule has 0 heterocycles. The molecule has 1 fully saturated rings. The molecule has 0 aromatic heterocycles. The average molecular weight is 315 g/mol. The number of nitrogens with one attached hydrogen (secondary N) is 1. The number of carbonyl (C=O) groups is 1. The van der Waals surface area contributed by atoms with Crippen LogP contribution in [0.1, 0.15) is 61.2 Å². The van der Waals surface area contributed by atoms with E-state index in [0.29, 0.717) is 26.4 Å². The molecule has 0 aromatic rings. The second-order valence-electron chi connectivity index (χ2n) is 6.82. The van der Waals surface area contributed by atoms with Crippen LogP contribution in [-0.2, 0) is 14.3 Å². The van der Waals surface area contributed by atoms with Crippen LogP contribution in [0.25, 0.3) is 0 Å². The van der Waals surface area contributed by atoms with E-state index in [4.69, 9.17) is 9.47 Å². The first-order chi connectivity index (χ1) is 10.5. The first-order valence-electron chi connectivity index (χ1n) is 9.01. The topological polar surface area (TPSA) is 47.6 Å². The van der Waals surface area contributed by atoms with Crippen molar-refractivity contribution in [2.24, 2.45) is 17.8 Å². The van der Waals surface area contributed by atoms with E-state index in [1.807, 2.05) is 13.8 Å². The van der Waals surface area contributed by atoms with Crippen molar-refractivity contribution >= 4 is 5.91 Å². The Bertz CT molecular complexity index is 305. The third-order valence-corrected chi connectivity index (χ3v) is 4.82. The second kappa shape index (κ2) is 11.0. The zero-order valence-corrected chi connectivity index (χ0v) is 14.9. The van der Waals surface area contributed by atoms with Gasteiger partial charge in [-0.1, -0.05) is 20.3 Å². The Morgan fingerprint density at radius 3 is 2.41 bits per heavy atom. The Kier molecular flexibility index (Phi) is 9.73. The van der Waals surface area contributed by atoms with E-state index in [-0.39, 0.29) is 19.4 Å². The van der Waals surface area contributed by atoms with Crippen molar-refractivity contribution in [2.45, 2.75) is 65.9 Å². The molecule has 0 saturated heterocycles. The summed E-state index contributed by atoms with van der Waals surface area (Å²) in [5.41, 5.74) is 0. The number of hydrogen-bond donors (Lipinski definition) is 1. The highest BCUT2D eigenvalue weighted by atomic mass is 16.5. The first-order valence-corrected chi connectivity index (χ1v) is 9.01. The molecule has 1 aliphatic rings. The molecular weight excluding hydrogens is 278 g/mol. The molecule has 0 aliphatic heterocycles. The van der Waals surface area contributed by atoms with Gasteiger partial charge in [0.2, 0.25) is 5.91 Å². The number of carbonyl (C=O) groups excluding carboxylic acids is 1. The zero-order chi connectivity index (χ0) is 16.4. The Balaban J connectivity index is 0.00000484. The van der Waals surface area contributed by atoms with Gasteiger partial charge in [-0.05, 0) is 51.4 Å². The highest BCUT2D eigenvalue weighted by molar-refractivity contribution is 5.78. The number of rotatable bonds is 10. The predicted octanol–water partition coefficient (Wildman–Crippen LogP) is 3.64. The molecule has 1 N–H and O–H groups in total. The van der Waals surface area contributed by atoms with Crippen molar-refractivity contribution in [3.05, 3.63) is 0 Å². The maximum Gasteiger partial charge on any atom is 0.223 e. The fourth-order valence-electron chi connectivity index (χ4n) is 3.12. The summed E-state index contributed by atoms with van der Waals surface area (Å²) in [6.45, 7) is 11.0. The standard InChI is InChI=1S/C18H35NO3.H2/c1-5-15(4)16-6-8-17(9-7-16)18(20)19-10-11-21-12-13-22-14(2)3;/h14-17H,5-13H2,1-4H3,(H,19,20);1H. The van der Waals surface area contributed by atoms with Gasteiger partial charge < -0.3 is 14.8 Å². The lowest BCUT2D eigenvalue weighted by molar-refractivity contribution is -0.126. The van der Waals surface area contributed by atoms with Gasteiger partial charge in [-0.2, -0.15) is 0 Å². The van der Waals surface area contributed by atoms with Crippen LogP contribution in [0.4, 0.5) is 0 Å². The summed E-state index contributed by atoms with van der Waals surface area (Å²) < 4.78 is 10.8. The summed E-state index contributed by atoms with van der Waals surface area (Å²) in [4.78, 5) is 12.1. The van der Waals surface area contributed by atoms with Gasteiger partial charge in [0.1, 0.15) is 0 Å². The Morgan fingerprint density at radius 2 is 1.82 bits per heavy atom. The quantitative estimate of drug-likeness (QED) is 0.626. The maximum atomic E-state index is 12.1. The van der Waals surface area contributed by atoms with Crippen molar-refractivity contribution < 1.29 is 15.7 Å². The molecule has 0 bridgehead atoms. The normalized spacial score (nSPS) is 23.5. The molecule has 1 aliphatic carbocycles. The van der Waals surface area contributed by atoms with Crippen LogP contribution in [-0.4, -0.2) is 38.4 Å². The third-order valence-electron chi connectivity index (χ3n) is 4.82. The van der Waals surface area contributed by atoms with Crippen molar-refractivity contribution in [3.8, 4) is 0 Å². The summed E-state index contributed by atoms with van der Waals surface area (Å²) in [7, 11) is 0. The highest BCUT2D eigenvalue weighted by Gasteiger charge is 2.28. The zero-order valence-electron chi connectivity index (χ0n) is 14.9. The summed E-state index contributed by atoms with van der Waals surface area (Å²) in [5, 5.41) is 3.01. The lowest BCUT2D eigenvalue weighted by Gasteiger charge is -2.31. The number of hydrogen-bond acceptors (Lipinski definition) is 3. The SMILES string of the molecule is CCC(C)C1CCC(C(=O)NCCOCCOC(C)C)CC1.[HH]. The molecule has 1 atom stereocenters. The van der Waals surface area contributed by atoms with Crippen molar-refractivity contribution in [3.63, 3.8) is 0 Å². The van der Waals surface area contributed by atoms with E-state index in [1.165, 1.54) is 19.3 Å². The largest absolute Gasteiger partial charge is 0.377 e. The number of ether oxygens (including phenoxy) is 2. The van der Waals surface area contributed by atoms with Crippen molar-refractivity contribution in [1.82, 2.24) is 5.32 Å². The van der Waals surface area contributed by atoms with Crippen molar-refractivity contribution in [1.29, 1.82) is 0 Å². The summed E-state index contributed by atoms with van der Waals surface area (Å²) in [6, 6.07) is 0. The van der Waals surface area contributed by atoms with Crippen LogP contribution in [0.2, 0.25) is 0 Å². The third kappa shape index (κ3) is 7.59. The molecule has 132 valence electrons. The van der Waals surface area contributed by atoms with Gasteiger partial charge in [0.25, 0.3) is 0 Å². The van der Waals surface area contributed by atoms with E-state index < -0.39 is 0 Å². The van der Waals surface area contributed by atoms with Gasteiger partial charge in [-0.15, -0.1) is 0 Å². The molecule has 1 amide bonds. The lowest BCUT2D eigenvalue weighted by Crippen LogP contribution is -2.35. The van der Waals surface area contributed by atoms with Crippen LogP contribution < -0.4 is 5.32 Å². The van der Waals surface area contributed by atoms with E-state index in [1.54, 1.807) is 0 Å². The monoisotopic (exact) mass is 315 g/mol. The fraction of sp³-hybridized carbons (Fsp3) is 0.944. The Hall–Kier alpha value is -0.610. The van der Waals surface area contributed by atoms with E-state index in [2.05, 4.69) is 19.2 Å². The summed E-state index contributed by atoms with van der Waals surface area (Å²) in [6.07, 6.45) is 5.99. The minimum atomic E-state index is 0. The first kappa shape index (κ1) is 19.4. The Morgan fingerprint density at radius 1 is 1.14 bits per heavy atom. The minimum Gasteiger partial charge on any atom is -0.377 e. The van der Waals surface area contributed by atoms with Gasteiger partial charge in [-0.25, -0.2) is 0 Å². The number of amides is 1. The van der Waals surface area contributed by atoms with E-state index in [0.717, 1.165) is 24.7 Å². The summed E-state index contributed by atoms with van der Waals surface area (Å²) in [5.74, 6) is 2.04.